The molecule has 0 bridgehead atoms. The van der Waals surface area contributed by atoms with Crippen molar-refractivity contribution in [2.24, 2.45) is 5.73 Å². The van der Waals surface area contributed by atoms with Crippen LogP contribution in [0.4, 0.5) is 8.78 Å². The highest BCUT2D eigenvalue weighted by Crippen LogP contribution is 2.21. The van der Waals surface area contributed by atoms with Crippen LogP contribution in [0.1, 0.15) is 23.2 Å². The first kappa shape index (κ1) is 13.2. The Morgan fingerprint density at radius 1 is 1.39 bits per heavy atom. The summed E-state index contributed by atoms with van der Waals surface area (Å²) >= 11 is 5.44. The second-order valence-corrected chi connectivity index (χ2v) is 4.81. The predicted octanol–water partition coefficient (Wildman–Crippen LogP) is 2.18. The van der Waals surface area contributed by atoms with Gasteiger partial charge in [-0.05, 0) is 25.0 Å². The lowest BCUT2D eigenvalue weighted by atomic mass is 10.1. The zero-order valence-electron chi connectivity index (χ0n) is 9.63. The number of likely N-dealkylation sites (tertiary alicyclic amines) is 1. The van der Waals surface area contributed by atoms with Crippen molar-refractivity contribution in [2.45, 2.75) is 18.9 Å². The Hall–Kier alpha value is -1.20. The van der Waals surface area contributed by atoms with E-state index in [1.54, 1.807) is 0 Å². The number of hydrogen-bond donors (Lipinski definition) is 1. The van der Waals surface area contributed by atoms with Gasteiger partial charge in [0.15, 0.2) is 0 Å². The van der Waals surface area contributed by atoms with Gasteiger partial charge in [-0.3, -0.25) is 4.79 Å². The molecule has 0 aliphatic carbocycles. The Kier molecular flexibility index (Phi) is 3.82. The van der Waals surface area contributed by atoms with Crippen LogP contribution in [0, 0.1) is 11.6 Å². The maximum Gasteiger partial charge on any atom is 0.256 e. The number of hydrogen-bond acceptors (Lipinski definition) is 2. The van der Waals surface area contributed by atoms with Crippen LogP contribution in [-0.2, 0) is 0 Å². The van der Waals surface area contributed by atoms with Crippen LogP contribution in [0.5, 0.6) is 0 Å². The fourth-order valence-electron chi connectivity index (χ4n) is 2.05. The molecule has 2 rings (SSSR count). The van der Waals surface area contributed by atoms with Crippen LogP contribution in [0.25, 0.3) is 0 Å². The van der Waals surface area contributed by atoms with Crippen LogP contribution >= 0.6 is 11.6 Å². The van der Waals surface area contributed by atoms with Crippen LogP contribution in [0.15, 0.2) is 12.1 Å². The molecule has 0 aromatic heterocycles. The van der Waals surface area contributed by atoms with E-state index >= 15 is 0 Å². The van der Waals surface area contributed by atoms with Gasteiger partial charge in [-0.1, -0.05) is 11.6 Å². The highest BCUT2D eigenvalue weighted by atomic mass is 35.5. The number of benzene rings is 1. The summed E-state index contributed by atoms with van der Waals surface area (Å²) in [7, 11) is 0. The van der Waals surface area contributed by atoms with E-state index in [-0.39, 0.29) is 16.6 Å². The SMILES string of the molecule is N[C@@H]1CCCN(C(=O)c2cc(F)c(Cl)cc2F)C1. The third-order valence-corrected chi connectivity index (χ3v) is 3.28. The average molecular weight is 275 g/mol. The molecule has 1 fully saturated rings. The summed E-state index contributed by atoms with van der Waals surface area (Å²) in [6, 6.07) is 1.54. The van der Waals surface area contributed by atoms with Gasteiger partial charge in [0.25, 0.3) is 5.91 Å². The molecule has 0 spiro atoms. The van der Waals surface area contributed by atoms with E-state index in [0.29, 0.717) is 13.1 Å². The number of amides is 1. The molecule has 0 saturated carbocycles. The minimum atomic E-state index is -0.814. The number of rotatable bonds is 1. The summed E-state index contributed by atoms with van der Waals surface area (Å²) < 4.78 is 26.9. The highest BCUT2D eigenvalue weighted by Gasteiger charge is 2.25. The maximum absolute atomic E-state index is 13.6. The molecule has 18 heavy (non-hydrogen) atoms. The summed E-state index contributed by atoms with van der Waals surface area (Å²) in [6.07, 6.45) is 1.60. The predicted molar refractivity (Wildman–Crippen MR) is 64.5 cm³/mol. The number of carbonyl (C=O) groups excluding carboxylic acids is 1. The second-order valence-electron chi connectivity index (χ2n) is 4.40. The van der Waals surface area contributed by atoms with Crippen molar-refractivity contribution < 1.29 is 13.6 Å². The van der Waals surface area contributed by atoms with Gasteiger partial charge in [0, 0.05) is 19.1 Å². The number of nitrogens with zero attached hydrogens (tertiary/aromatic N) is 1. The molecule has 1 aromatic carbocycles. The van der Waals surface area contributed by atoms with Crippen molar-refractivity contribution in [3.05, 3.63) is 34.4 Å². The molecule has 1 saturated heterocycles. The van der Waals surface area contributed by atoms with Gasteiger partial charge in [-0.15, -0.1) is 0 Å². The molecular formula is C12H13ClF2N2O. The Morgan fingerprint density at radius 2 is 2.11 bits per heavy atom. The van der Waals surface area contributed by atoms with Crippen molar-refractivity contribution in [3.8, 4) is 0 Å². The van der Waals surface area contributed by atoms with Crippen molar-refractivity contribution in [1.82, 2.24) is 4.90 Å². The molecule has 2 N–H and O–H groups in total. The number of piperidine rings is 1. The number of carbonyl (C=O) groups is 1. The molecule has 1 aliphatic heterocycles. The van der Waals surface area contributed by atoms with Gasteiger partial charge in [0.05, 0.1) is 10.6 Å². The summed E-state index contributed by atoms with van der Waals surface area (Å²) in [6.45, 7) is 0.874. The van der Waals surface area contributed by atoms with E-state index in [0.717, 1.165) is 25.0 Å². The molecule has 1 aromatic rings. The highest BCUT2D eigenvalue weighted by molar-refractivity contribution is 6.30. The van der Waals surface area contributed by atoms with E-state index in [1.165, 1.54) is 4.90 Å². The second kappa shape index (κ2) is 5.20. The lowest BCUT2D eigenvalue weighted by molar-refractivity contribution is 0.0703. The summed E-state index contributed by atoms with van der Waals surface area (Å²) in [5, 5.41) is -0.334. The van der Waals surface area contributed by atoms with Gasteiger partial charge in [-0.25, -0.2) is 8.78 Å². The third kappa shape index (κ3) is 2.62. The molecular weight excluding hydrogens is 262 g/mol. The summed E-state index contributed by atoms with van der Waals surface area (Å²) in [5.74, 6) is -2.16. The van der Waals surface area contributed by atoms with Gasteiger partial charge in [0.1, 0.15) is 11.6 Å². The first-order chi connectivity index (χ1) is 8.49. The first-order valence-electron chi connectivity index (χ1n) is 5.68. The fourth-order valence-corrected chi connectivity index (χ4v) is 2.20. The van der Waals surface area contributed by atoms with E-state index in [2.05, 4.69) is 0 Å². The molecule has 0 radical (unpaired) electrons. The van der Waals surface area contributed by atoms with Gasteiger partial charge < -0.3 is 10.6 Å². The van der Waals surface area contributed by atoms with Gasteiger partial charge >= 0.3 is 0 Å². The van der Waals surface area contributed by atoms with Crippen molar-refractivity contribution in [2.75, 3.05) is 13.1 Å². The van der Waals surface area contributed by atoms with Crippen LogP contribution < -0.4 is 5.73 Å². The van der Waals surface area contributed by atoms with E-state index < -0.39 is 17.5 Å². The quantitative estimate of drug-likeness (QED) is 0.798. The van der Waals surface area contributed by atoms with Crippen LogP contribution in [0.2, 0.25) is 5.02 Å². The Bertz CT molecular complexity index is 481. The van der Waals surface area contributed by atoms with Crippen molar-refractivity contribution >= 4 is 17.5 Å². The minimum absolute atomic E-state index is 0.108. The van der Waals surface area contributed by atoms with Gasteiger partial charge in [-0.2, -0.15) is 0 Å². The Morgan fingerprint density at radius 3 is 2.78 bits per heavy atom. The molecule has 1 atom stereocenters. The maximum atomic E-state index is 13.6. The van der Waals surface area contributed by atoms with E-state index in [1.807, 2.05) is 0 Å². The number of halogens is 3. The monoisotopic (exact) mass is 274 g/mol. The molecule has 0 unspecified atom stereocenters. The van der Waals surface area contributed by atoms with E-state index in [4.69, 9.17) is 17.3 Å². The lowest BCUT2D eigenvalue weighted by Crippen LogP contribution is -2.45. The molecule has 1 heterocycles. The van der Waals surface area contributed by atoms with Crippen LogP contribution in [-0.4, -0.2) is 29.9 Å². The topological polar surface area (TPSA) is 46.3 Å². The third-order valence-electron chi connectivity index (χ3n) is 2.99. The standard InChI is InChI=1S/C12H13ClF2N2O/c13-9-5-10(14)8(4-11(9)15)12(18)17-3-1-2-7(16)6-17/h4-5,7H,1-3,6,16H2/t7-/m1/s1. The summed E-state index contributed by atoms with van der Waals surface area (Å²) in [4.78, 5) is 13.5. The largest absolute Gasteiger partial charge is 0.337 e. The molecule has 1 amide bonds. The Balaban J connectivity index is 2.25. The zero-order valence-corrected chi connectivity index (χ0v) is 10.4. The number of nitrogens with two attached hydrogens (primary N) is 1. The fraction of sp³-hybridized carbons (Fsp3) is 0.417. The van der Waals surface area contributed by atoms with Crippen LogP contribution in [0.3, 0.4) is 0 Å². The molecule has 1 aliphatic rings. The van der Waals surface area contributed by atoms with Gasteiger partial charge in [0.2, 0.25) is 0 Å². The lowest BCUT2D eigenvalue weighted by Gasteiger charge is -2.30. The minimum Gasteiger partial charge on any atom is -0.337 e. The smallest absolute Gasteiger partial charge is 0.256 e. The molecule has 3 nitrogen and oxygen atoms in total. The van der Waals surface area contributed by atoms with Crippen molar-refractivity contribution in [3.63, 3.8) is 0 Å². The van der Waals surface area contributed by atoms with Crippen molar-refractivity contribution in [1.29, 1.82) is 0 Å². The zero-order chi connectivity index (χ0) is 13.3. The molecule has 6 heteroatoms. The molecule has 98 valence electrons. The average Bonchev–Trinajstić information content (AvgIpc) is 2.33. The van der Waals surface area contributed by atoms with E-state index in [9.17, 15) is 13.6 Å². The summed E-state index contributed by atoms with van der Waals surface area (Å²) in [5.41, 5.74) is 5.45. The normalized spacial score (nSPS) is 20.0. The first-order valence-corrected chi connectivity index (χ1v) is 6.06. The Labute approximate surface area is 109 Å².